The van der Waals surface area contributed by atoms with Gasteiger partial charge < -0.3 is 0 Å². The fraction of sp³-hybridized carbons (Fsp3) is 0.143. The van der Waals surface area contributed by atoms with Crippen LogP contribution in [0.5, 0.6) is 0 Å². The summed E-state index contributed by atoms with van der Waals surface area (Å²) in [7, 11) is -2.22. The standard InChI is InChI=1S/C7H8NO2P/c9-11(10)8-6-7-4-2-1-3-5-7/h1-5H,6H2,(H-,8,9,10)/p+1. The van der Waals surface area contributed by atoms with Gasteiger partial charge in [0, 0.05) is 0 Å². The second kappa shape index (κ2) is 4.19. The molecule has 2 N–H and O–H groups in total. The summed E-state index contributed by atoms with van der Waals surface area (Å²) in [5.41, 5.74) is 1.00. The minimum absolute atomic E-state index is 0.437. The van der Waals surface area contributed by atoms with Crippen LogP contribution < -0.4 is 5.09 Å². The maximum absolute atomic E-state index is 10.2. The van der Waals surface area contributed by atoms with E-state index in [1.54, 1.807) is 0 Å². The molecule has 0 aromatic heterocycles. The van der Waals surface area contributed by atoms with Crippen LogP contribution in [0.25, 0.3) is 0 Å². The molecule has 1 unspecified atom stereocenters. The lowest BCUT2D eigenvalue weighted by molar-refractivity contribution is 0.489. The molecule has 0 bridgehead atoms. The van der Waals surface area contributed by atoms with E-state index in [9.17, 15) is 4.57 Å². The van der Waals surface area contributed by atoms with E-state index in [1.165, 1.54) is 0 Å². The Labute approximate surface area is 66.0 Å². The maximum atomic E-state index is 10.2. The fourth-order valence-corrected chi connectivity index (χ4v) is 1.07. The number of rotatable bonds is 3. The molecule has 0 saturated carbocycles. The Morgan fingerprint density at radius 3 is 2.55 bits per heavy atom. The van der Waals surface area contributed by atoms with E-state index in [1.807, 2.05) is 30.3 Å². The van der Waals surface area contributed by atoms with E-state index >= 15 is 0 Å². The van der Waals surface area contributed by atoms with Crippen molar-refractivity contribution in [3.63, 3.8) is 0 Å². The van der Waals surface area contributed by atoms with Crippen molar-refractivity contribution in [1.29, 1.82) is 0 Å². The number of nitrogens with one attached hydrogen (secondary N) is 1. The van der Waals surface area contributed by atoms with Crippen molar-refractivity contribution in [3.8, 4) is 0 Å². The normalized spacial score (nSPS) is 11.2. The maximum Gasteiger partial charge on any atom is 0.610 e. The highest BCUT2D eigenvalue weighted by Crippen LogP contribution is 2.07. The van der Waals surface area contributed by atoms with Gasteiger partial charge in [0.1, 0.15) is 0 Å². The smallest absolute Gasteiger partial charge is 0.144 e. The molecular formula is C7H9NO2P+. The van der Waals surface area contributed by atoms with Gasteiger partial charge in [-0.3, -0.25) is 0 Å². The van der Waals surface area contributed by atoms with Gasteiger partial charge in [-0.05, 0) is 10.1 Å². The highest BCUT2D eigenvalue weighted by molar-refractivity contribution is 7.35. The molecule has 1 rings (SSSR count). The summed E-state index contributed by atoms with van der Waals surface area (Å²) in [6, 6.07) is 9.48. The highest BCUT2D eigenvalue weighted by Gasteiger charge is 2.07. The molecular weight excluding hydrogens is 161 g/mol. The van der Waals surface area contributed by atoms with E-state index in [4.69, 9.17) is 4.89 Å². The van der Waals surface area contributed by atoms with Crippen molar-refractivity contribution in [3.05, 3.63) is 35.9 Å². The van der Waals surface area contributed by atoms with Gasteiger partial charge in [0.05, 0.1) is 6.54 Å². The molecule has 0 saturated heterocycles. The van der Waals surface area contributed by atoms with Crippen LogP contribution in [0.1, 0.15) is 5.56 Å². The molecule has 4 heteroatoms. The predicted molar refractivity (Wildman–Crippen MR) is 43.1 cm³/mol. The summed E-state index contributed by atoms with van der Waals surface area (Å²) in [5, 5.41) is 2.43. The van der Waals surface area contributed by atoms with Crippen LogP contribution in [-0.2, 0) is 11.1 Å². The third-order valence-electron chi connectivity index (χ3n) is 1.26. The van der Waals surface area contributed by atoms with Crippen LogP contribution in [-0.4, -0.2) is 4.89 Å². The van der Waals surface area contributed by atoms with Crippen LogP contribution in [0, 0.1) is 0 Å². The molecule has 1 aromatic rings. The molecule has 0 amide bonds. The Balaban J connectivity index is 2.45. The summed E-state index contributed by atoms with van der Waals surface area (Å²) in [4.78, 5) is 8.41. The minimum atomic E-state index is -2.22. The lowest BCUT2D eigenvalue weighted by atomic mass is 10.2. The van der Waals surface area contributed by atoms with Gasteiger partial charge in [-0.25, -0.2) is 0 Å². The Hall–Kier alpha value is -0.760. The summed E-state index contributed by atoms with van der Waals surface area (Å²) in [5.74, 6) is 0. The Morgan fingerprint density at radius 1 is 1.36 bits per heavy atom. The van der Waals surface area contributed by atoms with Crippen molar-refractivity contribution >= 4 is 8.18 Å². The third kappa shape index (κ3) is 3.23. The second-order valence-electron chi connectivity index (χ2n) is 2.09. The van der Waals surface area contributed by atoms with Crippen LogP contribution in [0.2, 0.25) is 0 Å². The van der Waals surface area contributed by atoms with Crippen LogP contribution in [0.15, 0.2) is 30.3 Å². The first-order valence-electron chi connectivity index (χ1n) is 3.22. The zero-order chi connectivity index (χ0) is 8.10. The molecule has 3 nitrogen and oxygen atoms in total. The topological polar surface area (TPSA) is 49.3 Å². The average Bonchev–Trinajstić information content (AvgIpc) is 2.03. The molecule has 0 aliphatic rings. The zero-order valence-corrected chi connectivity index (χ0v) is 6.79. The van der Waals surface area contributed by atoms with E-state index in [0.717, 1.165) is 5.56 Å². The number of hydrogen-bond acceptors (Lipinski definition) is 1. The average molecular weight is 170 g/mol. The fourth-order valence-electron chi connectivity index (χ4n) is 0.755. The van der Waals surface area contributed by atoms with Gasteiger partial charge in [0.15, 0.2) is 0 Å². The highest BCUT2D eigenvalue weighted by atomic mass is 31.1. The summed E-state index contributed by atoms with van der Waals surface area (Å²) in [6.45, 7) is 0.437. The van der Waals surface area contributed by atoms with Crippen molar-refractivity contribution in [2.75, 3.05) is 0 Å². The molecule has 58 valence electrons. The van der Waals surface area contributed by atoms with Gasteiger partial charge in [0.25, 0.3) is 0 Å². The van der Waals surface area contributed by atoms with Crippen LogP contribution in [0.4, 0.5) is 0 Å². The second-order valence-corrected chi connectivity index (χ2v) is 2.96. The van der Waals surface area contributed by atoms with Gasteiger partial charge in [-0.15, -0.1) is 4.89 Å². The summed E-state index contributed by atoms with van der Waals surface area (Å²) in [6.07, 6.45) is 0. The van der Waals surface area contributed by atoms with E-state index in [2.05, 4.69) is 5.09 Å². The van der Waals surface area contributed by atoms with E-state index < -0.39 is 8.18 Å². The molecule has 11 heavy (non-hydrogen) atoms. The van der Waals surface area contributed by atoms with E-state index in [0.29, 0.717) is 6.54 Å². The van der Waals surface area contributed by atoms with Gasteiger partial charge in [0.2, 0.25) is 0 Å². The number of benzene rings is 1. The Kier molecular flexibility index (Phi) is 3.17. The molecule has 0 heterocycles. The molecule has 1 aromatic carbocycles. The largest absolute Gasteiger partial charge is 0.610 e. The van der Waals surface area contributed by atoms with Crippen molar-refractivity contribution < 1.29 is 9.46 Å². The van der Waals surface area contributed by atoms with Gasteiger partial charge >= 0.3 is 8.18 Å². The molecule has 0 spiro atoms. The summed E-state index contributed by atoms with van der Waals surface area (Å²) >= 11 is 0. The third-order valence-corrected chi connectivity index (χ3v) is 1.69. The first-order chi connectivity index (χ1) is 5.29. The Bertz CT molecular complexity index is 237. The molecule has 0 aliphatic heterocycles. The van der Waals surface area contributed by atoms with Crippen molar-refractivity contribution in [2.24, 2.45) is 0 Å². The molecule has 0 aliphatic carbocycles. The van der Waals surface area contributed by atoms with Gasteiger partial charge in [-0.1, -0.05) is 35.4 Å². The predicted octanol–water partition coefficient (Wildman–Crippen LogP) is 1.43. The van der Waals surface area contributed by atoms with Gasteiger partial charge in [-0.2, -0.15) is 0 Å². The quantitative estimate of drug-likeness (QED) is 0.674. The van der Waals surface area contributed by atoms with Crippen LogP contribution >= 0.6 is 8.18 Å². The lowest BCUT2D eigenvalue weighted by Gasteiger charge is -1.92. The molecule has 0 fully saturated rings. The lowest BCUT2D eigenvalue weighted by Crippen LogP contribution is -2.01. The van der Waals surface area contributed by atoms with Crippen molar-refractivity contribution in [1.82, 2.24) is 5.09 Å². The van der Waals surface area contributed by atoms with Crippen molar-refractivity contribution in [2.45, 2.75) is 6.54 Å². The molecule has 0 radical (unpaired) electrons. The first kappa shape index (κ1) is 8.34. The van der Waals surface area contributed by atoms with E-state index in [-0.39, 0.29) is 0 Å². The number of hydrogen-bond donors (Lipinski definition) is 2. The first-order valence-corrected chi connectivity index (χ1v) is 4.44. The summed E-state index contributed by atoms with van der Waals surface area (Å²) < 4.78 is 10.2. The monoisotopic (exact) mass is 170 g/mol. The molecule has 1 atom stereocenters. The minimum Gasteiger partial charge on any atom is -0.144 e. The van der Waals surface area contributed by atoms with Crippen LogP contribution in [0.3, 0.4) is 0 Å². The SMILES string of the molecule is O=[P+](O)NCc1ccccc1. The zero-order valence-electron chi connectivity index (χ0n) is 5.90. The Morgan fingerprint density at radius 2 is 2.00 bits per heavy atom.